The number of nitrogens with one attached hydrogen (secondary N) is 1. The van der Waals surface area contributed by atoms with E-state index in [9.17, 15) is 9.59 Å². The van der Waals surface area contributed by atoms with E-state index in [2.05, 4.69) is 0 Å². The predicted octanol–water partition coefficient (Wildman–Crippen LogP) is 3.22. The Kier molecular flexibility index (Phi) is 4.09. The van der Waals surface area contributed by atoms with Gasteiger partial charge >= 0.3 is 12.0 Å². The fourth-order valence-corrected chi connectivity index (χ4v) is 2.73. The van der Waals surface area contributed by atoms with Crippen LogP contribution in [-0.4, -0.2) is 29.9 Å². The Morgan fingerprint density at radius 3 is 2.33 bits per heavy atom. The molecule has 120 valence electrons. The van der Waals surface area contributed by atoms with Crippen LogP contribution < -0.4 is 9.80 Å². The molecule has 24 heavy (non-hydrogen) atoms. The second-order valence-corrected chi connectivity index (χ2v) is 5.34. The van der Waals surface area contributed by atoms with Crippen molar-refractivity contribution in [3.63, 3.8) is 0 Å². The molecule has 0 aliphatic carbocycles. The molecule has 2 amide bonds. The van der Waals surface area contributed by atoms with Gasteiger partial charge in [-0.1, -0.05) is 42.5 Å². The number of esters is 1. The maximum Gasteiger partial charge on any atom is 0.340 e. The Morgan fingerprint density at radius 1 is 1.04 bits per heavy atom. The number of para-hydroxylation sites is 2. The number of anilines is 2. The summed E-state index contributed by atoms with van der Waals surface area (Å²) in [4.78, 5) is 27.2. The highest BCUT2D eigenvalue weighted by atomic mass is 32.1. The molecule has 0 spiro atoms. The number of ether oxygens (including phenoxy) is 1. The van der Waals surface area contributed by atoms with Crippen molar-refractivity contribution in [3.05, 3.63) is 60.2 Å². The number of benzene rings is 2. The van der Waals surface area contributed by atoms with E-state index in [1.54, 1.807) is 48.5 Å². The number of carbonyl (C=O) groups excluding carboxylic acids is 2. The highest BCUT2D eigenvalue weighted by molar-refractivity contribution is 7.82. The van der Waals surface area contributed by atoms with Crippen LogP contribution in [0, 0.1) is 5.41 Å². The zero-order chi connectivity index (χ0) is 17.3. The Hall–Kier alpha value is -3.06. The highest BCUT2D eigenvalue weighted by Crippen LogP contribution is 2.30. The molecular formula is C17H13N3O3S. The number of thiocarbonyl (C=S) groups is 1. The smallest absolute Gasteiger partial charge is 0.340 e. The maximum absolute atomic E-state index is 12.9. The number of carbonyl (C=O) groups is 2. The number of rotatable bonds is 3. The summed E-state index contributed by atoms with van der Waals surface area (Å²) in [6.07, 6.45) is 0. The Balaban J connectivity index is 2.08. The molecule has 0 saturated carbocycles. The van der Waals surface area contributed by atoms with Gasteiger partial charge in [-0.05, 0) is 24.3 Å². The van der Waals surface area contributed by atoms with Gasteiger partial charge in [0, 0.05) is 0 Å². The Bertz CT molecular complexity index is 851. The minimum atomic E-state index is -0.578. The molecule has 6 nitrogen and oxygen atoms in total. The van der Waals surface area contributed by atoms with Crippen molar-refractivity contribution >= 4 is 46.4 Å². The Morgan fingerprint density at radius 2 is 1.67 bits per heavy atom. The highest BCUT2D eigenvalue weighted by Gasteiger charge is 2.41. The molecule has 2 aromatic carbocycles. The molecule has 7 heteroatoms. The first-order valence-electron chi connectivity index (χ1n) is 7.05. The van der Waals surface area contributed by atoms with E-state index < -0.39 is 12.0 Å². The van der Waals surface area contributed by atoms with Gasteiger partial charge < -0.3 is 4.74 Å². The van der Waals surface area contributed by atoms with E-state index >= 15 is 0 Å². The molecule has 1 aliphatic rings. The van der Waals surface area contributed by atoms with Crippen LogP contribution >= 0.6 is 12.2 Å². The topological polar surface area (TPSA) is 73.7 Å². The lowest BCUT2D eigenvalue weighted by Gasteiger charge is -2.19. The quantitative estimate of drug-likeness (QED) is 0.688. The summed E-state index contributed by atoms with van der Waals surface area (Å²) in [5, 5.41) is 8.19. The third-order valence-corrected chi connectivity index (χ3v) is 3.95. The van der Waals surface area contributed by atoms with Gasteiger partial charge in [-0.2, -0.15) is 0 Å². The van der Waals surface area contributed by atoms with Gasteiger partial charge in [-0.3, -0.25) is 5.41 Å². The first kappa shape index (κ1) is 15.8. The van der Waals surface area contributed by atoms with Crippen molar-refractivity contribution in [1.29, 1.82) is 5.41 Å². The summed E-state index contributed by atoms with van der Waals surface area (Å²) < 4.78 is 4.76. The number of amides is 2. The number of amidine groups is 1. The lowest BCUT2D eigenvalue weighted by atomic mass is 10.1. The van der Waals surface area contributed by atoms with Crippen LogP contribution in [0.15, 0.2) is 54.6 Å². The fraction of sp³-hybridized carbons (Fsp3) is 0.0588. The van der Waals surface area contributed by atoms with Crippen molar-refractivity contribution in [2.45, 2.75) is 0 Å². The summed E-state index contributed by atoms with van der Waals surface area (Å²) >= 11 is 5.27. The first-order valence-corrected chi connectivity index (χ1v) is 7.46. The van der Waals surface area contributed by atoms with E-state index in [-0.39, 0.29) is 16.4 Å². The monoisotopic (exact) mass is 339 g/mol. The van der Waals surface area contributed by atoms with E-state index in [0.717, 1.165) is 0 Å². The van der Waals surface area contributed by atoms with Crippen LogP contribution in [0.2, 0.25) is 0 Å². The van der Waals surface area contributed by atoms with Gasteiger partial charge in [-0.15, -0.1) is 0 Å². The predicted molar refractivity (Wildman–Crippen MR) is 94.9 cm³/mol. The van der Waals surface area contributed by atoms with Gasteiger partial charge in [0.2, 0.25) is 0 Å². The molecule has 1 N–H and O–H groups in total. The molecular weight excluding hydrogens is 326 g/mol. The van der Waals surface area contributed by atoms with Gasteiger partial charge in [0.25, 0.3) is 0 Å². The minimum absolute atomic E-state index is 0.0280. The first-order chi connectivity index (χ1) is 11.6. The average Bonchev–Trinajstić information content (AvgIpc) is 2.84. The second kappa shape index (κ2) is 6.21. The van der Waals surface area contributed by atoms with Crippen molar-refractivity contribution < 1.29 is 14.3 Å². The summed E-state index contributed by atoms with van der Waals surface area (Å²) in [7, 11) is 1.27. The summed E-state index contributed by atoms with van der Waals surface area (Å²) in [5.41, 5.74) is 1.04. The lowest BCUT2D eigenvalue weighted by Crippen LogP contribution is -2.34. The van der Waals surface area contributed by atoms with E-state index in [1.165, 1.54) is 16.9 Å². The van der Waals surface area contributed by atoms with Crippen LogP contribution in [-0.2, 0) is 4.74 Å². The third-order valence-electron chi connectivity index (χ3n) is 3.58. The lowest BCUT2D eigenvalue weighted by molar-refractivity contribution is 0.0601. The molecule has 0 atom stereocenters. The minimum Gasteiger partial charge on any atom is -0.465 e. The van der Waals surface area contributed by atoms with E-state index in [4.69, 9.17) is 22.4 Å². The standard InChI is InChI=1S/C17H13N3O3S/c1-23-16(21)12-9-5-6-10-13(12)20-15(24)14(18)19(17(20)22)11-7-3-2-4-8-11/h2-10,18H,1H3. The fourth-order valence-electron chi connectivity index (χ4n) is 2.46. The third kappa shape index (κ3) is 2.44. The van der Waals surface area contributed by atoms with Crippen LogP contribution in [0.4, 0.5) is 16.2 Å². The summed E-state index contributed by atoms with van der Waals surface area (Å²) in [6, 6.07) is 14.8. The van der Waals surface area contributed by atoms with Crippen LogP contribution in [0.25, 0.3) is 0 Å². The largest absolute Gasteiger partial charge is 0.465 e. The second-order valence-electron chi connectivity index (χ2n) is 4.95. The van der Waals surface area contributed by atoms with Crippen molar-refractivity contribution in [2.75, 3.05) is 16.9 Å². The van der Waals surface area contributed by atoms with Gasteiger partial charge in [0.05, 0.1) is 24.0 Å². The van der Waals surface area contributed by atoms with Crippen molar-refractivity contribution in [1.82, 2.24) is 0 Å². The molecule has 1 heterocycles. The van der Waals surface area contributed by atoms with Crippen molar-refractivity contribution in [3.8, 4) is 0 Å². The molecule has 0 bridgehead atoms. The van der Waals surface area contributed by atoms with Gasteiger partial charge in [0.1, 0.15) is 0 Å². The van der Waals surface area contributed by atoms with Gasteiger partial charge in [0.15, 0.2) is 10.8 Å². The average molecular weight is 339 g/mol. The SMILES string of the molecule is COC(=O)c1ccccc1N1C(=O)N(c2ccccc2)C(=N)C1=S. The van der Waals surface area contributed by atoms with Crippen molar-refractivity contribution in [2.24, 2.45) is 0 Å². The summed E-state index contributed by atoms with van der Waals surface area (Å²) in [5.74, 6) is -0.688. The molecule has 0 radical (unpaired) electrons. The number of urea groups is 1. The number of hydrogen-bond acceptors (Lipinski definition) is 5. The maximum atomic E-state index is 12.9. The van der Waals surface area contributed by atoms with Crippen LogP contribution in [0.3, 0.4) is 0 Å². The molecule has 3 rings (SSSR count). The molecule has 1 aliphatic heterocycles. The number of methoxy groups -OCH3 is 1. The van der Waals surface area contributed by atoms with Crippen LogP contribution in [0.1, 0.15) is 10.4 Å². The van der Waals surface area contributed by atoms with E-state index in [0.29, 0.717) is 11.4 Å². The molecule has 0 unspecified atom stereocenters. The number of nitrogens with zero attached hydrogens (tertiary/aromatic N) is 2. The normalized spacial score (nSPS) is 14.3. The van der Waals surface area contributed by atoms with E-state index in [1.807, 2.05) is 6.07 Å². The molecule has 1 fully saturated rings. The van der Waals surface area contributed by atoms with Gasteiger partial charge in [-0.25, -0.2) is 19.4 Å². The number of hydrogen-bond donors (Lipinski definition) is 1. The molecule has 1 saturated heterocycles. The molecule has 0 aromatic heterocycles. The summed E-state index contributed by atoms with van der Waals surface area (Å²) in [6.45, 7) is 0. The zero-order valence-corrected chi connectivity index (χ0v) is 13.5. The van der Waals surface area contributed by atoms with Crippen LogP contribution in [0.5, 0.6) is 0 Å². The zero-order valence-electron chi connectivity index (χ0n) is 12.7. The molecule has 2 aromatic rings. The Labute approximate surface area is 143 Å².